The van der Waals surface area contributed by atoms with Crippen molar-refractivity contribution in [2.45, 2.75) is 6.92 Å². The van der Waals surface area contributed by atoms with Gasteiger partial charge in [-0.3, -0.25) is 0 Å². The minimum absolute atomic E-state index is 0. The molecular weight excluding hydrogens is 159 g/mol. The first-order chi connectivity index (χ1) is 4.70. The standard InChI is InChI=1S/C5H6N2O3.Na/c1-3-4(2-9-7-3)10-5(6)8;/h2H,1H3,(H2,6,8);. The van der Waals surface area contributed by atoms with Gasteiger partial charge in [0.05, 0.1) is 0 Å². The van der Waals surface area contributed by atoms with Crippen LogP contribution in [0.5, 0.6) is 5.75 Å². The molecule has 55 valence electrons. The molecule has 0 unspecified atom stereocenters. The van der Waals surface area contributed by atoms with Crippen LogP contribution in [0.15, 0.2) is 10.8 Å². The molecule has 0 aliphatic rings. The van der Waals surface area contributed by atoms with Crippen LogP contribution in [0.4, 0.5) is 4.79 Å². The second kappa shape index (κ2) is 4.38. The van der Waals surface area contributed by atoms with Gasteiger partial charge in [-0.15, -0.1) is 0 Å². The van der Waals surface area contributed by atoms with Gasteiger partial charge in [-0.2, -0.15) is 0 Å². The monoisotopic (exact) mass is 165 g/mol. The summed E-state index contributed by atoms with van der Waals surface area (Å²) in [7, 11) is 0. The number of carbonyl (C=O) groups excluding carboxylic acids is 1. The Hall–Kier alpha value is -0.520. The third-order valence-electron chi connectivity index (χ3n) is 0.917. The zero-order valence-corrected chi connectivity index (χ0v) is 8.33. The number of aromatic nitrogens is 1. The van der Waals surface area contributed by atoms with Gasteiger partial charge in [-0.25, -0.2) is 4.79 Å². The number of hydrogen-bond donors (Lipinski definition) is 1. The summed E-state index contributed by atoms with van der Waals surface area (Å²) in [6.07, 6.45) is 0.339. The fourth-order valence-corrected chi connectivity index (χ4v) is 0.490. The summed E-state index contributed by atoms with van der Waals surface area (Å²) in [6, 6.07) is 0. The maximum Gasteiger partial charge on any atom is 0.410 e. The third kappa shape index (κ3) is 2.92. The van der Waals surface area contributed by atoms with E-state index in [4.69, 9.17) is 5.73 Å². The zero-order chi connectivity index (χ0) is 7.56. The topological polar surface area (TPSA) is 78.3 Å². The van der Waals surface area contributed by atoms with Crippen molar-refractivity contribution in [3.63, 3.8) is 0 Å². The maximum atomic E-state index is 10.1. The number of rotatable bonds is 1. The van der Waals surface area contributed by atoms with E-state index in [1.165, 1.54) is 6.26 Å². The van der Waals surface area contributed by atoms with Crippen LogP contribution in [0.25, 0.3) is 0 Å². The van der Waals surface area contributed by atoms with Gasteiger partial charge in [-0.1, -0.05) is 5.16 Å². The van der Waals surface area contributed by atoms with Gasteiger partial charge in [0, 0.05) is 29.6 Å². The van der Waals surface area contributed by atoms with E-state index < -0.39 is 6.09 Å². The first kappa shape index (κ1) is 10.5. The van der Waals surface area contributed by atoms with Crippen molar-refractivity contribution >= 4 is 35.7 Å². The number of hydrogen-bond acceptors (Lipinski definition) is 4. The molecule has 1 aromatic rings. The molecule has 0 aliphatic carbocycles. The molecule has 0 saturated carbocycles. The normalized spacial score (nSPS) is 8.45. The van der Waals surface area contributed by atoms with Crippen LogP contribution >= 0.6 is 0 Å². The van der Waals surface area contributed by atoms with E-state index in [-0.39, 0.29) is 35.3 Å². The molecular formula is C5H6N2NaO3. The predicted octanol–water partition coefficient (Wildman–Crippen LogP) is 0.0597. The van der Waals surface area contributed by atoms with Crippen LogP contribution < -0.4 is 10.5 Å². The van der Waals surface area contributed by atoms with Crippen molar-refractivity contribution < 1.29 is 14.1 Å². The first-order valence-electron chi connectivity index (χ1n) is 2.58. The molecule has 2 N–H and O–H groups in total. The number of ether oxygens (including phenoxy) is 1. The summed E-state index contributed by atoms with van der Waals surface area (Å²) in [5, 5.41) is 3.46. The molecule has 0 spiro atoms. The Bertz CT molecular complexity index is 248. The Morgan fingerprint density at radius 2 is 2.45 bits per heavy atom. The predicted molar refractivity (Wildman–Crippen MR) is 37.2 cm³/mol. The molecule has 1 heterocycles. The SMILES string of the molecule is Cc1nocc1OC(N)=O.[Na]. The van der Waals surface area contributed by atoms with Crippen molar-refractivity contribution in [1.82, 2.24) is 5.16 Å². The number of aryl methyl sites for hydroxylation is 1. The van der Waals surface area contributed by atoms with Gasteiger partial charge < -0.3 is 15.0 Å². The van der Waals surface area contributed by atoms with Crippen LogP contribution in [-0.2, 0) is 0 Å². The van der Waals surface area contributed by atoms with E-state index in [1.807, 2.05) is 0 Å². The number of nitrogens with zero attached hydrogens (tertiary/aromatic N) is 1. The molecule has 11 heavy (non-hydrogen) atoms. The first-order valence-corrected chi connectivity index (χ1v) is 2.58. The quantitative estimate of drug-likeness (QED) is 0.596. The van der Waals surface area contributed by atoms with Crippen molar-refractivity contribution in [3.05, 3.63) is 12.0 Å². The molecule has 5 nitrogen and oxygen atoms in total. The van der Waals surface area contributed by atoms with Crippen molar-refractivity contribution in [2.75, 3.05) is 0 Å². The molecule has 1 rings (SSSR count). The van der Waals surface area contributed by atoms with Gasteiger partial charge in [0.2, 0.25) is 0 Å². The van der Waals surface area contributed by atoms with Crippen LogP contribution in [0.2, 0.25) is 0 Å². The minimum atomic E-state index is -0.869. The zero-order valence-electron chi connectivity index (χ0n) is 6.33. The van der Waals surface area contributed by atoms with E-state index in [9.17, 15) is 4.79 Å². The van der Waals surface area contributed by atoms with Gasteiger partial charge in [0.25, 0.3) is 0 Å². The summed E-state index contributed by atoms with van der Waals surface area (Å²) >= 11 is 0. The van der Waals surface area contributed by atoms with Crippen LogP contribution in [0, 0.1) is 6.92 Å². The molecule has 0 atom stereocenters. The fourth-order valence-electron chi connectivity index (χ4n) is 0.490. The van der Waals surface area contributed by atoms with Crippen molar-refractivity contribution in [2.24, 2.45) is 5.73 Å². The van der Waals surface area contributed by atoms with Crippen molar-refractivity contribution in [3.8, 4) is 5.75 Å². The number of amides is 1. The largest absolute Gasteiger partial charge is 0.410 e. The molecule has 0 bridgehead atoms. The third-order valence-corrected chi connectivity index (χ3v) is 0.917. The van der Waals surface area contributed by atoms with Crippen LogP contribution in [-0.4, -0.2) is 40.8 Å². The Morgan fingerprint density at radius 3 is 2.82 bits per heavy atom. The minimum Gasteiger partial charge on any atom is -0.405 e. The molecule has 1 aromatic heterocycles. The summed E-state index contributed by atoms with van der Waals surface area (Å²) in [5.41, 5.74) is 5.22. The smallest absolute Gasteiger partial charge is 0.405 e. The van der Waals surface area contributed by atoms with Crippen LogP contribution in [0.3, 0.4) is 0 Å². The molecule has 0 aliphatic heterocycles. The van der Waals surface area contributed by atoms with Crippen molar-refractivity contribution in [1.29, 1.82) is 0 Å². The van der Waals surface area contributed by atoms with E-state index in [2.05, 4.69) is 14.4 Å². The van der Waals surface area contributed by atoms with E-state index in [0.29, 0.717) is 5.69 Å². The van der Waals surface area contributed by atoms with Gasteiger partial charge in [0.1, 0.15) is 5.69 Å². The number of primary amides is 1. The summed E-state index contributed by atoms with van der Waals surface area (Å²) < 4.78 is 8.93. The Kier molecular flexibility index (Phi) is 4.17. The van der Waals surface area contributed by atoms with Crippen LogP contribution in [0.1, 0.15) is 5.69 Å². The van der Waals surface area contributed by atoms with E-state index >= 15 is 0 Å². The molecule has 0 fully saturated rings. The molecule has 0 aromatic carbocycles. The molecule has 0 saturated heterocycles. The summed E-state index contributed by atoms with van der Waals surface area (Å²) in [4.78, 5) is 10.1. The van der Waals surface area contributed by atoms with Gasteiger partial charge in [-0.05, 0) is 6.92 Å². The van der Waals surface area contributed by atoms with E-state index in [0.717, 1.165) is 0 Å². The number of nitrogens with two attached hydrogens (primary N) is 1. The molecule has 6 heteroatoms. The Balaban J connectivity index is 0.000001000. The Morgan fingerprint density at radius 1 is 1.82 bits per heavy atom. The molecule has 1 amide bonds. The second-order valence-corrected chi connectivity index (χ2v) is 1.69. The average molecular weight is 165 g/mol. The van der Waals surface area contributed by atoms with Gasteiger partial charge in [0.15, 0.2) is 12.0 Å². The second-order valence-electron chi connectivity index (χ2n) is 1.69. The Labute approximate surface area is 85.2 Å². The molecule has 1 radical (unpaired) electrons. The summed E-state index contributed by atoms with van der Waals surface area (Å²) in [5.74, 6) is 0.257. The van der Waals surface area contributed by atoms with E-state index in [1.54, 1.807) is 6.92 Å². The number of carbonyl (C=O) groups is 1. The maximum absolute atomic E-state index is 10.1. The van der Waals surface area contributed by atoms with Gasteiger partial charge >= 0.3 is 6.09 Å². The summed E-state index contributed by atoms with van der Waals surface area (Å²) in [6.45, 7) is 1.64. The average Bonchev–Trinajstić information content (AvgIpc) is 2.15. The fraction of sp³-hybridized carbons (Fsp3) is 0.200.